The minimum Gasteiger partial charge on any atom is -0.264 e. The summed E-state index contributed by atoms with van der Waals surface area (Å²) < 4.78 is 22.8. The van der Waals surface area contributed by atoms with E-state index in [9.17, 15) is 8.42 Å². The molecule has 1 aromatic heterocycles. The summed E-state index contributed by atoms with van der Waals surface area (Å²) in [7, 11) is -3.01. The van der Waals surface area contributed by atoms with E-state index in [4.69, 9.17) is 0 Å². The van der Waals surface area contributed by atoms with Gasteiger partial charge in [-0.25, -0.2) is 8.42 Å². The van der Waals surface area contributed by atoms with Crippen LogP contribution < -0.4 is 0 Å². The highest BCUT2D eigenvalue weighted by atomic mass is 32.2. The second-order valence-electron chi connectivity index (χ2n) is 5.37. The van der Waals surface area contributed by atoms with Crippen LogP contribution in [-0.2, 0) is 15.6 Å². The Morgan fingerprint density at radius 2 is 1.65 bits per heavy atom. The van der Waals surface area contributed by atoms with Crippen LogP contribution in [0.4, 0.5) is 0 Å². The summed E-state index contributed by atoms with van der Waals surface area (Å²) in [5.74, 6) is 0.0843. The number of rotatable bonds is 3. The van der Waals surface area contributed by atoms with E-state index in [-0.39, 0.29) is 5.75 Å². The van der Waals surface area contributed by atoms with Crippen molar-refractivity contribution in [2.75, 3.05) is 6.26 Å². The molecular weight excluding hydrogens is 270 g/mol. The summed E-state index contributed by atoms with van der Waals surface area (Å²) in [6.07, 6.45) is 4.90. The van der Waals surface area contributed by atoms with E-state index in [1.807, 2.05) is 38.2 Å². The lowest BCUT2D eigenvalue weighted by molar-refractivity contribution is 0.601. The van der Waals surface area contributed by atoms with Gasteiger partial charge in [-0.15, -0.1) is 0 Å². The number of aromatic nitrogens is 1. The number of aryl methyl sites for hydroxylation is 3. The molecule has 4 heteroatoms. The van der Waals surface area contributed by atoms with E-state index in [1.165, 1.54) is 11.8 Å². The van der Waals surface area contributed by atoms with Gasteiger partial charge in [-0.05, 0) is 54.7 Å². The van der Waals surface area contributed by atoms with Gasteiger partial charge >= 0.3 is 0 Å². The van der Waals surface area contributed by atoms with Gasteiger partial charge in [0.25, 0.3) is 0 Å². The molecule has 3 nitrogen and oxygen atoms in total. The summed E-state index contributed by atoms with van der Waals surface area (Å²) in [6.45, 7) is 6.08. The smallest absolute Gasteiger partial charge is 0.151 e. The molecular formula is C16H19NO2S. The maximum atomic E-state index is 11.4. The van der Waals surface area contributed by atoms with Crippen LogP contribution in [-0.4, -0.2) is 19.7 Å². The zero-order valence-corrected chi connectivity index (χ0v) is 13.1. The minimum absolute atomic E-state index is 0.0843. The highest BCUT2D eigenvalue weighted by Gasteiger charge is 2.12. The Hall–Kier alpha value is -1.68. The van der Waals surface area contributed by atoms with Crippen LogP contribution in [0.5, 0.6) is 0 Å². The molecule has 0 amide bonds. The van der Waals surface area contributed by atoms with Crippen molar-refractivity contribution in [1.82, 2.24) is 4.98 Å². The Balaban J connectivity index is 2.55. The molecule has 0 N–H and O–H groups in total. The summed E-state index contributed by atoms with van der Waals surface area (Å²) >= 11 is 0. The Morgan fingerprint density at radius 1 is 1.05 bits per heavy atom. The molecule has 1 heterocycles. The van der Waals surface area contributed by atoms with Gasteiger partial charge in [-0.3, -0.25) is 4.98 Å². The number of nitrogens with zero attached hydrogens (tertiary/aromatic N) is 1. The van der Waals surface area contributed by atoms with Crippen molar-refractivity contribution >= 4 is 9.84 Å². The van der Waals surface area contributed by atoms with Crippen molar-refractivity contribution in [1.29, 1.82) is 0 Å². The van der Waals surface area contributed by atoms with Gasteiger partial charge < -0.3 is 0 Å². The fourth-order valence-electron chi connectivity index (χ4n) is 2.59. The number of hydrogen-bond acceptors (Lipinski definition) is 3. The first-order valence-electron chi connectivity index (χ1n) is 6.47. The second-order valence-corrected chi connectivity index (χ2v) is 7.51. The van der Waals surface area contributed by atoms with Crippen molar-refractivity contribution in [3.8, 4) is 11.1 Å². The first-order valence-corrected chi connectivity index (χ1v) is 8.53. The fraction of sp³-hybridized carbons (Fsp3) is 0.312. The summed E-state index contributed by atoms with van der Waals surface area (Å²) in [5, 5.41) is 0. The first-order chi connectivity index (χ1) is 9.28. The van der Waals surface area contributed by atoms with Gasteiger partial charge in [-0.2, -0.15) is 0 Å². The summed E-state index contributed by atoms with van der Waals surface area (Å²) in [5.41, 5.74) is 6.43. The Bertz CT molecular complexity index is 726. The predicted octanol–water partition coefficient (Wildman–Crippen LogP) is 3.22. The number of pyridine rings is 1. The molecule has 106 valence electrons. The zero-order valence-electron chi connectivity index (χ0n) is 12.3. The SMILES string of the molecule is Cc1ccncc1-c1c(C)cc(CS(C)(=O)=O)cc1C. The minimum atomic E-state index is -3.01. The molecule has 0 bridgehead atoms. The van der Waals surface area contributed by atoms with Crippen LogP contribution in [0.3, 0.4) is 0 Å². The van der Waals surface area contributed by atoms with E-state index in [0.29, 0.717) is 0 Å². The topological polar surface area (TPSA) is 47.0 Å². The van der Waals surface area contributed by atoms with Crippen LogP contribution in [0.15, 0.2) is 30.6 Å². The highest BCUT2D eigenvalue weighted by molar-refractivity contribution is 7.89. The molecule has 2 aromatic rings. The average molecular weight is 289 g/mol. The van der Waals surface area contributed by atoms with Crippen LogP contribution in [0.25, 0.3) is 11.1 Å². The van der Waals surface area contributed by atoms with E-state index in [0.717, 1.165) is 27.8 Å². The van der Waals surface area contributed by atoms with Gasteiger partial charge in [-0.1, -0.05) is 12.1 Å². The average Bonchev–Trinajstić information content (AvgIpc) is 2.28. The van der Waals surface area contributed by atoms with Gasteiger partial charge in [0.1, 0.15) is 0 Å². The van der Waals surface area contributed by atoms with E-state index in [1.54, 1.807) is 6.20 Å². The maximum absolute atomic E-state index is 11.4. The molecule has 0 aliphatic rings. The van der Waals surface area contributed by atoms with E-state index < -0.39 is 9.84 Å². The lowest BCUT2D eigenvalue weighted by Crippen LogP contribution is -2.02. The molecule has 0 unspecified atom stereocenters. The van der Waals surface area contributed by atoms with Gasteiger partial charge in [0.15, 0.2) is 9.84 Å². The number of benzene rings is 1. The lowest BCUT2D eigenvalue weighted by Gasteiger charge is -2.14. The molecule has 0 saturated heterocycles. The third-order valence-electron chi connectivity index (χ3n) is 3.33. The molecule has 0 fully saturated rings. The van der Waals surface area contributed by atoms with Crippen molar-refractivity contribution < 1.29 is 8.42 Å². The van der Waals surface area contributed by atoms with Crippen molar-refractivity contribution in [3.05, 3.63) is 52.8 Å². The van der Waals surface area contributed by atoms with Crippen LogP contribution in [0, 0.1) is 20.8 Å². The molecule has 0 spiro atoms. The van der Waals surface area contributed by atoms with Crippen molar-refractivity contribution in [3.63, 3.8) is 0 Å². The van der Waals surface area contributed by atoms with Gasteiger partial charge in [0.05, 0.1) is 5.75 Å². The van der Waals surface area contributed by atoms with Crippen LogP contribution in [0.2, 0.25) is 0 Å². The summed E-state index contributed by atoms with van der Waals surface area (Å²) in [4.78, 5) is 4.19. The van der Waals surface area contributed by atoms with Crippen molar-refractivity contribution in [2.45, 2.75) is 26.5 Å². The molecule has 0 aliphatic carbocycles. The molecule has 0 atom stereocenters. The Labute approximate surface area is 120 Å². The predicted molar refractivity (Wildman–Crippen MR) is 82.4 cm³/mol. The number of hydrogen-bond donors (Lipinski definition) is 0. The van der Waals surface area contributed by atoms with Gasteiger partial charge in [0.2, 0.25) is 0 Å². The Kier molecular flexibility index (Phi) is 3.95. The number of sulfone groups is 1. The normalized spacial score (nSPS) is 11.6. The second kappa shape index (κ2) is 5.37. The largest absolute Gasteiger partial charge is 0.264 e. The standard InChI is InChI=1S/C16H19NO2S/c1-11-5-6-17-9-15(11)16-12(2)7-14(8-13(16)3)10-20(4,18)19/h5-9H,10H2,1-4H3. The van der Waals surface area contributed by atoms with Crippen molar-refractivity contribution in [2.24, 2.45) is 0 Å². The third kappa shape index (κ3) is 3.25. The first kappa shape index (κ1) is 14.7. The third-order valence-corrected chi connectivity index (χ3v) is 4.19. The Morgan fingerprint density at radius 3 is 2.15 bits per heavy atom. The zero-order chi connectivity index (χ0) is 14.9. The maximum Gasteiger partial charge on any atom is 0.151 e. The van der Waals surface area contributed by atoms with Crippen LogP contribution in [0.1, 0.15) is 22.3 Å². The molecule has 0 saturated carbocycles. The molecule has 0 radical (unpaired) electrons. The molecule has 20 heavy (non-hydrogen) atoms. The van der Waals surface area contributed by atoms with E-state index in [2.05, 4.69) is 11.9 Å². The van der Waals surface area contributed by atoms with Crippen LogP contribution >= 0.6 is 0 Å². The van der Waals surface area contributed by atoms with Gasteiger partial charge in [0, 0.05) is 24.2 Å². The summed E-state index contributed by atoms with van der Waals surface area (Å²) in [6, 6.07) is 5.89. The fourth-order valence-corrected chi connectivity index (χ4v) is 3.36. The monoisotopic (exact) mass is 289 g/mol. The molecule has 2 rings (SSSR count). The molecule has 1 aromatic carbocycles. The molecule has 0 aliphatic heterocycles. The highest BCUT2D eigenvalue weighted by Crippen LogP contribution is 2.30. The van der Waals surface area contributed by atoms with E-state index >= 15 is 0 Å². The lowest BCUT2D eigenvalue weighted by atomic mass is 9.92. The quantitative estimate of drug-likeness (QED) is 0.871.